The topological polar surface area (TPSA) is 55.4 Å². The van der Waals surface area contributed by atoms with Crippen molar-refractivity contribution in [2.75, 3.05) is 11.8 Å². The molecular formula is C14H14FNO3S. The van der Waals surface area contributed by atoms with E-state index in [0.717, 1.165) is 17.7 Å². The zero-order valence-corrected chi connectivity index (χ0v) is 11.9. The number of rotatable bonds is 4. The van der Waals surface area contributed by atoms with E-state index in [2.05, 4.69) is 4.72 Å². The first-order valence-electron chi connectivity index (χ1n) is 5.85. The van der Waals surface area contributed by atoms with Gasteiger partial charge in [0.1, 0.15) is 11.6 Å². The second-order valence-corrected chi connectivity index (χ2v) is 5.93. The molecule has 2 aromatic carbocycles. The van der Waals surface area contributed by atoms with Gasteiger partial charge in [0, 0.05) is 5.69 Å². The van der Waals surface area contributed by atoms with Crippen molar-refractivity contribution in [3.8, 4) is 5.75 Å². The number of aryl methyl sites for hydroxylation is 1. The summed E-state index contributed by atoms with van der Waals surface area (Å²) >= 11 is 0. The fraction of sp³-hybridized carbons (Fsp3) is 0.143. The molecule has 0 bridgehead atoms. The largest absolute Gasteiger partial charge is 0.496 e. The van der Waals surface area contributed by atoms with Crippen LogP contribution in [0.25, 0.3) is 0 Å². The van der Waals surface area contributed by atoms with E-state index in [1.165, 1.54) is 12.1 Å². The van der Waals surface area contributed by atoms with Crippen LogP contribution in [0.4, 0.5) is 10.1 Å². The van der Waals surface area contributed by atoms with Gasteiger partial charge < -0.3 is 4.74 Å². The Kier molecular flexibility index (Phi) is 3.94. The number of sulfonamides is 1. The summed E-state index contributed by atoms with van der Waals surface area (Å²) in [5.41, 5.74) is 1.24. The molecule has 106 valence electrons. The van der Waals surface area contributed by atoms with Crippen molar-refractivity contribution in [2.24, 2.45) is 0 Å². The monoisotopic (exact) mass is 295 g/mol. The van der Waals surface area contributed by atoms with Crippen molar-refractivity contribution in [3.63, 3.8) is 0 Å². The first-order valence-corrected chi connectivity index (χ1v) is 7.34. The number of methoxy groups -OCH3 is 1. The van der Waals surface area contributed by atoms with Crippen LogP contribution in [-0.4, -0.2) is 15.5 Å². The molecule has 0 heterocycles. The smallest absolute Gasteiger partial charge is 0.261 e. The highest BCUT2D eigenvalue weighted by molar-refractivity contribution is 7.92. The summed E-state index contributed by atoms with van der Waals surface area (Å²) in [4.78, 5) is 0.00683. The zero-order chi connectivity index (χ0) is 14.8. The van der Waals surface area contributed by atoms with Gasteiger partial charge in [0.15, 0.2) is 0 Å². The molecule has 0 saturated heterocycles. The van der Waals surface area contributed by atoms with Gasteiger partial charge in [-0.05, 0) is 55.0 Å². The average Bonchev–Trinajstić information content (AvgIpc) is 2.39. The third-order valence-electron chi connectivity index (χ3n) is 2.77. The number of benzene rings is 2. The van der Waals surface area contributed by atoms with E-state index < -0.39 is 15.8 Å². The number of nitrogens with one attached hydrogen (secondary N) is 1. The van der Waals surface area contributed by atoms with Crippen LogP contribution in [0.1, 0.15) is 5.56 Å². The molecule has 0 aliphatic carbocycles. The fourth-order valence-electron chi connectivity index (χ4n) is 1.77. The number of anilines is 1. The van der Waals surface area contributed by atoms with E-state index in [9.17, 15) is 12.8 Å². The lowest BCUT2D eigenvalue weighted by molar-refractivity contribution is 0.412. The molecule has 0 radical (unpaired) electrons. The maximum atomic E-state index is 12.8. The number of hydrogen-bond acceptors (Lipinski definition) is 3. The third kappa shape index (κ3) is 3.08. The maximum Gasteiger partial charge on any atom is 0.261 e. The van der Waals surface area contributed by atoms with Gasteiger partial charge in [-0.25, -0.2) is 12.8 Å². The molecule has 0 aromatic heterocycles. The lowest BCUT2D eigenvalue weighted by atomic mass is 10.2. The molecule has 1 N–H and O–H groups in total. The van der Waals surface area contributed by atoms with Gasteiger partial charge >= 0.3 is 0 Å². The second-order valence-electron chi connectivity index (χ2n) is 4.24. The summed E-state index contributed by atoms with van der Waals surface area (Å²) in [5.74, 6) is 0.193. The van der Waals surface area contributed by atoms with Crippen molar-refractivity contribution in [2.45, 2.75) is 11.8 Å². The molecule has 20 heavy (non-hydrogen) atoms. The third-order valence-corrected chi connectivity index (χ3v) is 4.17. The maximum absolute atomic E-state index is 12.8. The predicted octanol–water partition coefficient (Wildman–Crippen LogP) is 2.94. The van der Waals surface area contributed by atoms with Crippen molar-refractivity contribution in [1.29, 1.82) is 0 Å². The van der Waals surface area contributed by atoms with E-state index in [1.807, 2.05) is 6.92 Å². The van der Waals surface area contributed by atoms with Crippen LogP contribution < -0.4 is 9.46 Å². The summed E-state index contributed by atoms with van der Waals surface area (Å²) in [7, 11) is -2.18. The SMILES string of the molecule is COc1ccc(NS(=O)(=O)c2ccc(F)cc2)cc1C. The highest BCUT2D eigenvalue weighted by atomic mass is 32.2. The van der Waals surface area contributed by atoms with E-state index in [-0.39, 0.29) is 4.90 Å². The Morgan fingerprint density at radius 2 is 1.75 bits per heavy atom. The molecule has 0 spiro atoms. The first kappa shape index (κ1) is 14.3. The summed E-state index contributed by atoms with van der Waals surface area (Å²) in [5, 5.41) is 0. The Morgan fingerprint density at radius 3 is 2.30 bits per heavy atom. The van der Waals surface area contributed by atoms with Crippen molar-refractivity contribution in [1.82, 2.24) is 0 Å². The number of ether oxygens (including phenoxy) is 1. The average molecular weight is 295 g/mol. The number of hydrogen-bond donors (Lipinski definition) is 1. The van der Waals surface area contributed by atoms with Crippen LogP contribution in [0, 0.1) is 12.7 Å². The molecule has 0 unspecified atom stereocenters. The van der Waals surface area contributed by atoms with Gasteiger partial charge in [0.05, 0.1) is 12.0 Å². The Hall–Kier alpha value is -2.08. The minimum absolute atomic E-state index is 0.00683. The van der Waals surface area contributed by atoms with Crippen molar-refractivity contribution < 1.29 is 17.5 Å². The van der Waals surface area contributed by atoms with E-state index in [1.54, 1.807) is 25.3 Å². The van der Waals surface area contributed by atoms with Crippen LogP contribution >= 0.6 is 0 Å². The van der Waals surface area contributed by atoms with Crippen LogP contribution in [0.5, 0.6) is 5.75 Å². The van der Waals surface area contributed by atoms with Gasteiger partial charge in [-0.15, -0.1) is 0 Å². The van der Waals surface area contributed by atoms with E-state index in [0.29, 0.717) is 11.4 Å². The van der Waals surface area contributed by atoms with Crippen molar-refractivity contribution >= 4 is 15.7 Å². The molecule has 0 amide bonds. The van der Waals surface area contributed by atoms with Gasteiger partial charge in [-0.2, -0.15) is 0 Å². The number of halogens is 1. The Morgan fingerprint density at radius 1 is 1.10 bits per heavy atom. The standard InChI is InChI=1S/C14H14FNO3S/c1-10-9-12(5-8-14(10)19-2)16-20(17,18)13-6-3-11(15)4-7-13/h3-9,16H,1-2H3. The van der Waals surface area contributed by atoms with Gasteiger partial charge in [-0.3, -0.25) is 4.72 Å². The van der Waals surface area contributed by atoms with Crippen LogP contribution in [0.2, 0.25) is 0 Å². The molecule has 4 nitrogen and oxygen atoms in total. The summed E-state index contributed by atoms with van der Waals surface area (Å²) in [6.45, 7) is 1.81. The lowest BCUT2D eigenvalue weighted by Crippen LogP contribution is -2.13. The van der Waals surface area contributed by atoms with Crippen LogP contribution in [0.15, 0.2) is 47.4 Å². The van der Waals surface area contributed by atoms with E-state index >= 15 is 0 Å². The molecule has 0 atom stereocenters. The summed E-state index contributed by atoms with van der Waals surface area (Å²) < 4.78 is 44.6. The summed E-state index contributed by atoms with van der Waals surface area (Å²) in [6.07, 6.45) is 0. The first-order chi connectivity index (χ1) is 9.42. The second kappa shape index (κ2) is 5.50. The molecule has 2 rings (SSSR count). The van der Waals surface area contributed by atoms with Gasteiger partial charge in [-0.1, -0.05) is 0 Å². The molecule has 0 saturated carbocycles. The quantitative estimate of drug-likeness (QED) is 0.943. The minimum Gasteiger partial charge on any atom is -0.496 e. The Labute approximate surface area is 117 Å². The molecule has 2 aromatic rings. The van der Waals surface area contributed by atoms with Crippen molar-refractivity contribution in [3.05, 3.63) is 53.8 Å². The highest BCUT2D eigenvalue weighted by Crippen LogP contribution is 2.23. The van der Waals surface area contributed by atoms with E-state index in [4.69, 9.17) is 4.74 Å². The Bertz CT molecular complexity index is 712. The van der Waals surface area contributed by atoms with Crippen LogP contribution in [0.3, 0.4) is 0 Å². The lowest BCUT2D eigenvalue weighted by Gasteiger charge is -2.10. The molecule has 0 fully saturated rings. The predicted molar refractivity (Wildman–Crippen MR) is 74.9 cm³/mol. The van der Waals surface area contributed by atoms with Gasteiger partial charge in [0.25, 0.3) is 10.0 Å². The molecule has 0 aliphatic rings. The Balaban J connectivity index is 2.28. The highest BCUT2D eigenvalue weighted by Gasteiger charge is 2.14. The normalized spacial score (nSPS) is 11.2. The minimum atomic E-state index is -3.72. The summed E-state index contributed by atoms with van der Waals surface area (Å²) in [6, 6.07) is 9.59. The molecule has 6 heteroatoms. The van der Waals surface area contributed by atoms with Gasteiger partial charge in [0.2, 0.25) is 0 Å². The fourth-order valence-corrected chi connectivity index (χ4v) is 2.82. The molecular weight excluding hydrogens is 281 g/mol. The van der Waals surface area contributed by atoms with Crippen LogP contribution in [-0.2, 0) is 10.0 Å². The molecule has 0 aliphatic heterocycles. The zero-order valence-electron chi connectivity index (χ0n) is 11.1.